The number of carbonyl (C=O) groups is 2. The van der Waals surface area contributed by atoms with E-state index in [1.54, 1.807) is 6.92 Å². The van der Waals surface area contributed by atoms with Crippen LogP contribution in [0.2, 0.25) is 0 Å². The first-order valence-corrected chi connectivity index (χ1v) is 5.98. The normalized spacial score (nSPS) is 10.1. The minimum atomic E-state index is -0.863. The Morgan fingerprint density at radius 3 is 2.61 bits per heavy atom. The fourth-order valence-corrected chi connectivity index (χ4v) is 1.80. The van der Waals surface area contributed by atoms with Gasteiger partial charge in [-0.25, -0.2) is 0 Å². The van der Waals surface area contributed by atoms with Crippen molar-refractivity contribution in [2.75, 3.05) is 6.61 Å². The van der Waals surface area contributed by atoms with Gasteiger partial charge in [0.1, 0.15) is 0 Å². The van der Waals surface area contributed by atoms with Crippen molar-refractivity contribution in [1.82, 2.24) is 0 Å². The standard InChI is InChI=1S/C14H18O4/c1-3-18-14(17)7-6-11-5-4-10(2)8-12(11)9-13(15)16/h4-5,8H,3,6-7,9H2,1-2H3,(H,15,16). The average Bonchev–Trinajstić information content (AvgIpc) is 2.27. The number of carboxylic acid groups (broad SMARTS) is 1. The molecule has 1 rings (SSSR count). The van der Waals surface area contributed by atoms with Gasteiger partial charge in [-0.3, -0.25) is 9.59 Å². The van der Waals surface area contributed by atoms with E-state index in [0.717, 1.165) is 16.7 Å². The molecular weight excluding hydrogens is 232 g/mol. The Morgan fingerprint density at radius 2 is 2.00 bits per heavy atom. The van der Waals surface area contributed by atoms with Gasteiger partial charge >= 0.3 is 11.9 Å². The third-order valence-corrected chi connectivity index (χ3v) is 2.61. The zero-order valence-electron chi connectivity index (χ0n) is 10.7. The first-order chi connectivity index (χ1) is 8.52. The molecule has 0 aliphatic heterocycles. The molecule has 1 aromatic carbocycles. The van der Waals surface area contributed by atoms with Crippen LogP contribution in [-0.2, 0) is 27.2 Å². The smallest absolute Gasteiger partial charge is 0.307 e. The van der Waals surface area contributed by atoms with Crippen LogP contribution in [0.4, 0.5) is 0 Å². The first-order valence-electron chi connectivity index (χ1n) is 5.98. The summed E-state index contributed by atoms with van der Waals surface area (Å²) < 4.78 is 4.85. The second-order valence-electron chi connectivity index (χ2n) is 4.15. The number of hydrogen-bond donors (Lipinski definition) is 1. The molecule has 0 atom stereocenters. The van der Waals surface area contributed by atoms with E-state index in [-0.39, 0.29) is 18.8 Å². The van der Waals surface area contributed by atoms with E-state index in [1.807, 2.05) is 25.1 Å². The topological polar surface area (TPSA) is 63.6 Å². The molecule has 0 fully saturated rings. The summed E-state index contributed by atoms with van der Waals surface area (Å²) in [6.07, 6.45) is 0.783. The molecule has 0 saturated carbocycles. The lowest BCUT2D eigenvalue weighted by Crippen LogP contribution is -2.08. The average molecular weight is 250 g/mol. The molecule has 1 aromatic rings. The highest BCUT2D eigenvalue weighted by Gasteiger charge is 2.09. The van der Waals surface area contributed by atoms with Gasteiger partial charge in [0.25, 0.3) is 0 Å². The van der Waals surface area contributed by atoms with Crippen molar-refractivity contribution in [1.29, 1.82) is 0 Å². The number of aliphatic carboxylic acids is 1. The van der Waals surface area contributed by atoms with Crippen molar-refractivity contribution in [2.45, 2.75) is 33.1 Å². The second-order valence-corrected chi connectivity index (χ2v) is 4.15. The highest BCUT2D eigenvalue weighted by molar-refractivity contribution is 5.72. The van der Waals surface area contributed by atoms with E-state index < -0.39 is 5.97 Å². The van der Waals surface area contributed by atoms with Crippen LogP contribution < -0.4 is 0 Å². The quantitative estimate of drug-likeness (QED) is 0.785. The van der Waals surface area contributed by atoms with E-state index in [4.69, 9.17) is 9.84 Å². The fourth-order valence-electron chi connectivity index (χ4n) is 1.80. The summed E-state index contributed by atoms with van der Waals surface area (Å²) >= 11 is 0. The van der Waals surface area contributed by atoms with Gasteiger partial charge in [0.05, 0.1) is 13.0 Å². The Bertz CT molecular complexity index is 437. The summed E-state index contributed by atoms with van der Waals surface area (Å²) in [6, 6.07) is 5.66. The minimum Gasteiger partial charge on any atom is -0.481 e. The molecule has 0 spiro atoms. The highest BCUT2D eigenvalue weighted by atomic mass is 16.5. The van der Waals surface area contributed by atoms with Gasteiger partial charge in [-0.2, -0.15) is 0 Å². The maximum atomic E-state index is 11.3. The minimum absolute atomic E-state index is 0.0140. The van der Waals surface area contributed by atoms with Crippen molar-refractivity contribution in [2.24, 2.45) is 0 Å². The van der Waals surface area contributed by atoms with Crippen LogP contribution in [0.15, 0.2) is 18.2 Å². The number of benzene rings is 1. The predicted molar refractivity (Wildman–Crippen MR) is 67.5 cm³/mol. The Morgan fingerprint density at radius 1 is 1.28 bits per heavy atom. The zero-order valence-corrected chi connectivity index (χ0v) is 10.7. The molecule has 0 radical (unpaired) electrons. The number of ether oxygens (including phenoxy) is 1. The van der Waals surface area contributed by atoms with Crippen molar-refractivity contribution in [3.05, 3.63) is 34.9 Å². The summed E-state index contributed by atoms with van der Waals surface area (Å²) in [4.78, 5) is 22.1. The van der Waals surface area contributed by atoms with Gasteiger partial charge in [0.2, 0.25) is 0 Å². The lowest BCUT2D eigenvalue weighted by molar-refractivity contribution is -0.143. The van der Waals surface area contributed by atoms with E-state index >= 15 is 0 Å². The third-order valence-electron chi connectivity index (χ3n) is 2.61. The summed E-state index contributed by atoms with van der Waals surface area (Å²) in [7, 11) is 0. The summed E-state index contributed by atoms with van der Waals surface area (Å²) in [6.45, 7) is 4.05. The van der Waals surface area contributed by atoms with Crippen LogP contribution in [0.5, 0.6) is 0 Å². The lowest BCUT2D eigenvalue weighted by atomic mass is 9.98. The van der Waals surface area contributed by atoms with E-state index in [1.165, 1.54) is 0 Å². The molecule has 0 bridgehead atoms. The monoisotopic (exact) mass is 250 g/mol. The van der Waals surface area contributed by atoms with Crippen LogP contribution in [0.3, 0.4) is 0 Å². The Labute approximate surface area is 107 Å². The van der Waals surface area contributed by atoms with Gasteiger partial charge in [-0.05, 0) is 31.4 Å². The Hall–Kier alpha value is -1.84. The number of rotatable bonds is 6. The summed E-state index contributed by atoms with van der Waals surface area (Å²) in [5, 5.41) is 8.85. The van der Waals surface area contributed by atoms with E-state index in [0.29, 0.717) is 13.0 Å². The van der Waals surface area contributed by atoms with Gasteiger partial charge in [0, 0.05) is 6.42 Å². The van der Waals surface area contributed by atoms with Crippen molar-refractivity contribution in [3.63, 3.8) is 0 Å². The van der Waals surface area contributed by atoms with Gasteiger partial charge in [0.15, 0.2) is 0 Å². The SMILES string of the molecule is CCOC(=O)CCc1ccc(C)cc1CC(=O)O. The van der Waals surface area contributed by atoms with Crippen molar-refractivity contribution in [3.8, 4) is 0 Å². The van der Waals surface area contributed by atoms with Gasteiger partial charge in [-0.15, -0.1) is 0 Å². The maximum Gasteiger partial charge on any atom is 0.307 e. The molecule has 0 amide bonds. The molecule has 0 saturated heterocycles. The molecular formula is C14H18O4. The fraction of sp³-hybridized carbons (Fsp3) is 0.429. The second kappa shape index (κ2) is 6.79. The number of carboxylic acids is 1. The molecule has 98 valence electrons. The molecule has 0 aliphatic carbocycles. The molecule has 0 unspecified atom stereocenters. The van der Waals surface area contributed by atoms with Gasteiger partial charge < -0.3 is 9.84 Å². The van der Waals surface area contributed by atoms with Crippen LogP contribution in [0, 0.1) is 6.92 Å². The maximum absolute atomic E-state index is 11.3. The Kier molecular flexibility index (Phi) is 5.36. The van der Waals surface area contributed by atoms with E-state index in [9.17, 15) is 9.59 Å². The molecule has 18 heavy (non-hydrogen) atoms. The Balaban J connectivity index is 2.74. The third kappa shape index (κ3) is 4.57. The number of carbonyl (C=O) groups excluding carboxylic acids is 1. The van der Waals surface area contributed by atoms with Crippen LogP contribution >= 0.6 is 0 Å². The first kappa shape index (κ1) is 14.2. The number of hydrogen-bond acceptors (Lipinski definition) is 3. The number of esters is 1. The lowest BCUT2D eigenvalue weighted by Gasteiger charge is -2.08. The molecule has 1 N–H and O–H groups in total. The van der Waals surface area contributed by atoms with Gasteiger partial charge in [-0.1, -0.05) is 23.8 Å². The zero-order chi connectivity index (χ0) is 13.5. The molecule has 0 heterocycles. The van der Waals surface area contributed by atoms with Crippen LogP contribution in [0.25, 0.3) is 0 Å². The highest BCUT2D eigenvalue weighted by Crippen LogP contribution is 2.15. The molecule has 4 heteroatoms. The van der Waals surface area contributed by atoms with Crippen LogP contribution in [-0.4, -0.2) is 23.7 Å². The predicted octanol–water partition coefficient (Wildman–Crippen LogP) is 2.12. The summed E-state index contributed by atoms with van der Waals surface area (Å²) in [5.74, 6) is -1.11. The molecule has 4 nitrogen and oxygen atoms in total. The molecule has 0 aliphatic rings. The van der Waals surface area contributed by atoms with Crippen molar-refractivity contribution >= 4 is 11.9 Å². The largest absolute Gasteiger partial charge is 0.481 e. The molecule has 0 aromatic heterocycles. The number of aryl methyl sites for hydroxylation is 2. The van der Waals surface area contributed by atoms with Crippen molar-refractivity contribution < 1.29 is 19.4 Å². The summed E-state index contributed by atoms with van der Waals surface area (Å²) in [5.41, 5.74) is 2.69. The van der Waals surface area contributed by atoms with E-state index in [2.05, 4.69) is 0 Å². The van der Waals surface area contributed by atoms with Crippen LogP contribution in [0.1, 0.15) is 30.0 Å².